The molecule has 7 nitrogen and oxygen atoms in total. The van der Waals surface area contributed by atoms with Crippen LogP contribution in [0.25, 0.3) is 0 Å². The largest absolute Gasteiger partial charge is 0.494 e. The van der Waals surface area contributed by atoms with E-state index < -0.39 is 0 Å². The lowest BCUT2D eigenvalue weighted by atomic mass is 9.92. The van der Waals surface area contributed by atoms with E-state index in [1.807, 2.05) is 26.0 Å². The molecule has 0 aliphatic carbocycles. The molecule has 184 valence electrons. The van der Waals surface area contributed by atoms with Gasteiger partial charge in [-0.2, -0.15) is 0 Å². The minimum absolute atomic E-state index is 0.0174. The molecule has 1 aromatic heterocycles. The number of halogens is 1. The number of hydrogen-bond donors (Lipinski definition) is 2. The van der Waals surface area contributed by atoms with Crippen LogP contribution in [0.5, 0.6) is 5.75 Å². The van der Waals surface area contributed by atoms with Gasteiger partial charge >= 0.3 is 0 Å². The molecule has 2 saturated heterocycles. The summed E-state index contributed by atoms with van der Waals surface area (Å²) in [6.07, 6.45) is 8.91. The van der Waals surface area contributed by atoms with Gasteiger partial charge in [-0.25, -0.2) is 9.97 Å². The molecule has 0 radical (unpaired) electrons. The molecule has 8 heteroatoms. The molecule has 2 aromatic rings. The van der Waals surface area contributed by atoms with Crippen LogP contribution in [0.1, 0.15) is 53.6 Å². The van der Waals surface area contributed by atoms with Crippen molar-refractivity contribution >= 4 is 23.5 Å². The molecule has 0 bridgehead atoms. The number of carbonyl (C=O) groups is 1. The Morgan fingerprint density at radius 1 is 1.15 bits per heavy atom. The highest BCUT2D eigenvalue weighted by Gasteiger charge is 2.21. The molecular weight excluding hydrogens is 450 g/mol. The predicted octanol–water partition coefficient (Wildman–Crippen LogP) is 4.16. The number of ether oxygens (including phenoxy) is 1. The highest BCUT2D eigenvalue weighted by atomic mass is 35.5. The van der Waals surface area contributed by atoms with Gasteiger partial charge in [-0.15, -0.1) is 0 Å². The smallest absolute Gasteiger partial charge is 0.251 e. The van der Waals surface area contributed by atoms with Crippen LogP contribution in [0.2, 0.25) is 5.02 Å². The van der Waals surface area contributed by atoms with E-state index in [0.29, 0.717) is 23.5 Å². The van der Waals surface area contributed by atoms with Crippen LogP contribution in [0, 0.1) is 25.7 Å². The number of rotatable bonds is 9. The molecule has 3 heterocycles. The van der Waals surface area contributed by atoms with Crippen LogP contribution in [-0.2, 0) is 0 Å². The van der Waals surface area contributed by atoms with Crippen molar-refractivity contribution in [2.24, 2.45) is 11.8 Å². The second-order valence-corrected chi connectivity index (χ2v) is 10.1. The van der Waals surface area contributed by atoms with Gasteiger partial charge in [0.05, 0.1) is 24.0 Å². The van der Waals surface area contributed by atoms with E-state index in [4.69, 9.17) is 16.3 Å². The van der Waals surface area contributed by atoms with Gasteiger partial charge in [-0.05, 0) is 94.1 Å². The average Bonchev–Trinajstić information content (AvgIpc) is 3.35. The Balaban J connectivity index is 1.18. The maximum atomic E-state index is 12.7. The first-order valence-electron chi connectivity index (χ1n) is 12.4. The SMILES string of the molecule is Cc1cc(OCCCC2CCN(c3ncc(Cl)cn3)CC2)cc(C)c1C(=O)NC[C@H]1CCNC1. The van der Waals surface area contributed by atoms with Crippen molar-refractivity contribution in [1.82, 2.24) is 20.6 Å². The molecule has 2 fully saturated rings. The van der Waals surface area contributed by atoms with Crippen molar-refractivity contribution in [3.05, 3.63) is 46.2 Å². The zero-order valence-corrected chi connectivity index (χ0v) is 21.0. The Kier molecular flexibility index (Phi) is 8.62. The van der Waals surface area contributed by atoms with Gasteiger partial charge in [0.2, 0.25) is 5.95 Å². The highest BCUT2D eigenvalue weighted by molar-refractivity contribution is 6.30. The number of aryl methyl sites for hydroxylation is 2. The molecule has 1 atom stereocenters. The number of anilines is 1. The first kappa shape index (κ1) is 24.7. The van der Waals surface area contributed by atoms with E-state index in [2.05, 4.69) is 25.5 Å². The second kappa shape index (κ2) is 11.8. The molecule has 2 aliphatic rings. The summed E-state index contributed by atoms with van der Waals surface area (Å²) in [4.78, 5) is 23.6. The minimum atomic E-state index is 0.0174. The maximum Gasteiger partial charge on any atom is 0.251 e. The van der Waals surface area contributed by atoms with Gasteiger partial charge in [0.1, 0.15) is 5.75 Å². The van der Waals surface area contributed by atoms with Crippen LogP contribution in [0.3, 0.4) is 0 Å². The number of aromatic nitrogens is 2. The van der Waals surface area contributed by atoms with E-state index in [1.165, 1.54) is 0 Å². The summed E-state index contributed by atoms with van der Waals surface area (Å²) in [6, 6.07) is 3.98. The fourth-order valence-electron chi connectivity index (χ4n) is 5.03. The number of carbonyl (C=O) groups excluding carboxylic acids is 1. The Morgan fingerprint density at radius 2 is 1.85 bits per heavy atom. The van der Waals surface area contributed by atoms with E-state index in [-0.39, 0.29) is 5.91 Å². The highest BCUT2D eigenvalue weighted by Crippen LogP contribution is 2.26. The molecule has 1 aromatic carbocycles. The summed E-state index contributed by atoms with van der Waals surface area (Å²) < 4.78 is 6.05. The third-order valence-corrected chi connectivity index (χ3v) is 7.17. The van der Waals surface area contributed by atoms with Gasteiger partial charge in [0, 0.05) is 25.2 Å². The fourth-order valence-corrected chi connectivity index (χ4v) is 5.13. The normalized spacial score (nSPS) is 18.8. The van der Waals surface area contributed by atoms with Gasteiger partial charge < -0.3 is 20.3 Å². The molecule has 2 aliphatic heterocycles. The summed E-state index contributed by atoms with van der Waals surface area (Å²) in [6.45, 7) is 9.39. The quantitative estimate of drug-likeness (QED) is 0.519. The predicted molar refractivity (Wildman–Crippen MR) is 136 cm³/mol. The maximum absolute atomic E-state index is 12.7. The van der Waals surface area contributed by atoms with Crippen LogP contribution in [0.4, 0.5) is 5.95 Å². The van der Waals surface area contributed by atoms with Crippen LogP contribution in [0.15, 0.2) is 24.5 Å². The number of benzene rings is 1. The molecule has 4 rings (SSSR count). The van der Waals surface area contributed by atoms with Crippen LogP contribution < -0.4 is 20.3 Å². The van der Waals surface area contributed by atoms with Gasteiger partial charge in [-0.3, -0.25) is 4.79 Å². The zero-order chi connectivity index (χ0) is 23.9. The Bertz CT molecular complexity index is 931. The van der Waals surface area contributed by atoms with Crippen molar-refractivity contribution in [3.63, 3.8) is 0 Å². The summed E-state index contributed by atoms with van der Waals surface area (Å²) in [5.41, 5.74) is 2.71. The lowest BCUT2D eigenvalue weighted by Crippen LogP contribution is -2.34. The topological polar surface area (TPSA) is 79.4 Å². The van der Waals surface area contributed by atoms with Crippen molar-refractivity contribution < 1.29 is 9.53 Å². The van der Waals surface area contributed by atoms with Gasteiger partial charge in [-0.1, -0.05) is 11.6 Å². The molecular formula is C26H36ClN5O2. The number of piperidine rings is 1. The molecule has 34 heavy (non-hydrogen) atoms. The lowest BCUT2D eigenvalue weighted by Gasteiger charge is -2.32. The first-order chi connectivity index (χ1) is 16.5. The van der Waals surface area contributed by atoms with Crippen molar-refractivity contribution in [2.75, 3.05) is 44.2 Å². The Morgan fingerprint density at radius 3 is 2.50 bits per heavy atom. The third-order valence-electron chi connectivity index (χ3n) is 6.98. The van der Waals surface area contributed by atoms with Crippen molar-refractivity contribution in [1.29, 1.82) is 0 Å². The summed E-state index contributed by atoms with van der Waals surface area (Å²) in [5, 5.41) is 7.02. The van der Waals surface area contributed by atoms with Crippen molar-refractivity contribution in [2.45, 2.75) is 46.0 Å². The van der Waals surface area contributed by atoms with E-state index in [9.17, 15) is 4.79 Å². The summed E-state index contributed by atoms with van der Waals surface area (Å²) in [5.74, 6) is 2.87. The summed E-state index contributed by atoms with van der Waals surface area (Å²) >= 11 is 5.89. The Labute approximate surface area is 207 Å². The molecule has 0 saturated carbocycles. The van der Waals surface area contributed by atoms with Gasteiger partial charge in [0.25, 0.3) is 5.91 Å². The van der Waals surface area contributed by atoms with E-state index >= 15 is 0 Å². The van der Waals surface area contributed by atoms with Gasteiger partial charge in [0.15, 0.2) is 0 Å². The Hall–Kier alpha value is -2.38. The van der Waals surface area contributed by atoms with E-state index in [0.717, 1.165) is 93.2 Å². The molecule has 1 amide bonds. The zero-order valence-electron chi connectivity index (χ0n) is 20.3. The molecule has 2 N–H and O–H groups in total. The average molecular weight is 486 g/mol. The standard InChI is InChI=1S/C26H36ClN5O2/c1-18-12-23(13-19(2)24(18)25(33)29-15-21-5-8-28-14-21)34-11-3-4-20-6-9-32(10-7-20)26-30-16-22(27)17-31-26/h12-13,16-17,20-21,28H,3-11,14-15H2,1-2H3,(H,29,33)/t21-/m0/s1. The molecule has 0 unspecified atom stereocenters. The fraction of sp³-hybridized carbons (Fsp3) is 0.577. The van der Waals surface area contributed by atoms with Crippen LogP contribution >= 0.6 is 11.6 Å². The number of nitrogens with zero attached hydrogens (tertiary/aromatic N) is 3. The molecule has 0 spiro atoms. The second-order valence-electron chi connectivity index (χ2n) is 9.62. The number of hydrogen-bond acceptors (Lipinski definition) is 6. The monoisotopic (exact) mass is 485 g/mol. The summed E-state index contributed by atoms with van der Waals surface area (Å²) in [7, 11) is 0. The van der Waals surface area contributed by atoms with Crippen LogP contribution in [-0.4, -0.2) is 55.2 Å². The van der Waals surface area contributed by atoms with E-state index in [1.54, 1.807) is 12.4 Å². The third kappa shape index (κ3) is 6.60. The number of amides is 1. The lowest BCUT2D eigenvalue weighted by molar-refractivity contribution is 0.0947. The minimum Gasteiger partial charge on any atom is -0.494 e. The first-order valence-corrected chi connectivity index (χ1v) is 12.8. The number of nitrogens with one attached hydrogen (secondary N) is 2. The van der Waals surface area contributed by atoms with Crippen molar-refractivity contribution in [3.8, 4) is 5.75 Å².